The highest BCUT2D eigenvalue weighted by Crippen LogP contribution is 2.37. The minimum absolute atomic E-state index is 0.00768. The van der Waals surface area contributed by atoms with Crippen molar-refractivity contribution < 1.29 is 4.79 Å². The first kappa shape index (κ1) is 17.3. The molecule has 0 spiro atoms. The molecule has 4 heteroatoms. The van der Waals surface area contributed by atoms with Crippen LogP contribution in [0.4, 0.5) is 17.2 Å². The molecule has 0 fully saturated rings. The predicted octanol–water partition coefficient (Wildman–Crippen LogP) is 4.74. The van der Waals surface area contributed by atoms with Crippen molar-refractivity contribution in [2.75, 3.05) is 10.2 Å². The zero-order chi connectivity index (χ0) is 18.6. The number of hydrogen-bond acceptors (Lipinski definition) is 3. The van der Waals surface area contributed by atoms with Crippen molar-refractivity contribution in [1.82, 2.24) is 4.98 Å². The fraction of sp³-hybridized carbons (Fsp3) is 0.217. The molecule has 0 saturated heterocycles. The van der Waals surface area contributed by atoms with Gasteiger partial charge in [0.05, 0.1) is 11.9 Å². The van der Waals surface area contributed by atoms with Gasteiger partial charge in [-0.2, -0.15) is 0 Å². The first-order chi connectivity index (χ1) is 13.2. The first-order valence-electron chi connectivity index (χ1n) is 9.37. The molecule has 0 bridgehead atoms. The molecule has 0 saturated carbocycles. The number of amides is 1. The molecule has 4 rings (SSSR count). The maximum atomic E-state index is 12.2. The van der Waals surface area contributed by atoms with Crippen LogP contribution in [0.2, 0.25) is 0 Å². The highest BCUT2D eigenvalue weighted by molar-refractivity contribution is 5.90. The molecule has 1 amide bonds. The first-order valence-corrected chi connectivity index (χ1v) is 9.37. The molecule has 2 heterocycles. The highest BCUT2D eigenvalue weighted by atomic mass is 16.1. The molecule has 1 unspecified atom stereocenters. The lowest BCUT2D eigenvalue weighted by Crippen LogP contribution is -2.24. The molecular weight excluding hydrogens is 334 g/mol. The molecule has 1 aromatic heterocycles. The van der Waals surface area contributed by atoms with Gasteiger partial charge in [0.2, 0.25) is 5.91 Å². The Morgan fingerprint density at radius 2 is 1.85 bits per heavy atom. The van der Waals surface area contributed by atoms with Gasteiger partial charge in [0.1, 0.15) is 5.82 Å². The maximum absolute atomic E-state index is 12.2. The minimum Gasteiger partial charge on any atom is -0.325 e. The Kier molecular flexibility index (Phi) is 4.88. The number of hydrogen-bond donors (Lipinski definition) is 1. The van der Waals surface area contributed by atoms with Crippen LogP contribution in [0.15, 0.2) is 72.9 Å². The molecule has 0 aliphatic carbocycles. The number of benzene rings is 2. The van der Waals surface area contributed by atoms with Crippen molar-refractivity contribution in [3.8, 4) is 0 Å². The number of nitrogens with zero attached hydrogens (tertiary/aromatic N) is 2. The minimum atomic E-state index is 0.00768. The number of fused-ring (bicyclic) bond motifs is 1. The molecule has 27 heavy (non-hydrogen) atoms. The quantitative estimate of drug-likeness (QED) is 0.718. The zero-order valence-electron chi connectivity index (χ0n) is 15.4. The summed E-state index contributed by atoms with van der Waals surface area (Å²) in [5.41, 5.74) is 4.47. The van der Waals surface area contributed by atoms with Gasteiger partial charge >= 0.3 is 0 Å². The van der Waals surface area contributed by atoms with E-state index >= 15 is 0 Å². The predicted molar refractivity (Wildman–Crippen MR) is 109 cm³/mol. The van der Waals surface area contributed by atoms with Gasteiger partial charge in [0.15, 0.2) is 0 Å². The van der Waals surface area contributed by atoms with Crippen LogP contribution in [0.3, 0.4) is 0 Å². The van der Waals surface area contributed by atoms with Crippen molar-refractivity contribution in [3.05, 3.63) is 84.1 Å². The second kappa shape index (κ2) is 7.62. The number of carbonyl (C=O) groups excluding carboxylic acids is 1. The summed E-state index contributed by atoms with van der Waals surface area (Å²) in [7, 11) is 0. The lowest BCUT2D eigenvalue weighted by molar-refractivity contribution is -0.116. The molecule has 1 aliphatic rings. The second-order valence-corrected chi connectivity index (χ2v) is 6.99. The van der Waals surface area contributed by atoms with Crippen LogP contribution in [0, 0.1) is 0 Å². The van der Waals surface area contributed by atoms with Crippen molar-refractivity contribution in [2.45, 2.75) is 32.2 Å². The van der Waals surface area contributed by atoms with E-state index in [2.05, 4.69) is 46.4 Å². The van der Waals surface area contributed by atoms with Gasteiger partial charge in [0, 0.05) is 18.2 Å². The summed E-state index contributed by atoms with van der Waals surface area (Å²) in [6, 6.07) is 22.8. The number of aryl methyl sites for hydroxylation is 1. The van der Waals surface area contributed by atoms with E-state index in [0.29, 0.717) is 12.5 Å². The topological polar surface area (TPSA) is 45.2 Å². The van der Waals surface area contributed by atoms with Gasteiger partial charge in [-0.1, -0.05) is 48.5 Å². The van der Waals surface area contributed by atoms with Gasteiger partial charge in [-0.15, -0.1) is 0 Å². The van der Waals surface area contributed by atoms with Gasteiger partial charge in [-0.3, -0.25) is 4.79 Å². The summed E-state index contributed by atoms with van der Waals surface area (Å²) in [5.74, 6) is 0.919. The van der Waals surface area contributed by atoms with Gasteiger partial charge in [-0.25, -0.2) is 4.98 Å². The van der Waals surface area contributed by atoms with E-state index in [0.717, 1.165) is 24.3 Å². The standard InChI is InChI=1S/C23H23N3O/c1-17-15-19-9-5-6-10-21(19)26(17)22-13-12-20(16-24-22)25-23(27)14-11-18-7-3-2-4-8-18/h2-10,12-13,16-17H,11,14-15H2,1H3,(H,25,27). The molecule has 3 aromatic rings. The Bertz CT molecular complexity index is 922. The van der Waals surface area contributed by atoms with Crippen LogP contribution in [0.5, 0.6) is 0 Å². The van der Waals surface area contributed by atoms with E-state index in [1.165, 1.54) is 16.8 Å². The van der Waals surface area contributed by atoms with E-state index in [4.69, 9.17) is 0 Å². The van der Waals surface area contributed by atoms with Crippen molar-refractivity contribution >= 4 is 23.1 Å². The molecule has 2 aromatic carbocycles. The van der Waals surface area contributed by atoms with Gasteiger partial charge in [0.25, 0.3) is 0 Å². The van der Waals surface area contributed by atoms with E-state index in [9.17, 15) is 4.79 Å². The fourth-order valence-electron chi connectivity index (χ4n) is 3.64. The largest absolute Gasteiger partial charge is 0.325 e. The summed E-state index contributed by atoms with van der Waals surface area (Å²) < 4.78 is 0. The molecule has 1 aliphatic heterocycles. The number of pyridine rings is 1. The average molecular weight is 357 g/mol. The van der Waals surface area contributed by atoms with Gasteiger partial charge < -0.3 is 10.2 Å². The van der Waals surface area contributed by atoms with Crippen LogP contribution in [0.1, 0.15) is 24.5 Å². The third-order valence-corrected chi connectivity index (χ3v) is 4.97. The van der Waals surface area contributed by atoms with Crippen LogP contribution in [0.25, 0.3) is 0 Å². The Morgan fingerprint density at radius 1 is 1.07 bits per heavy atom. The number of anilines is 3. The molecule has 1 N–H and O–H groups in total. The molecule has 4 nitrogen and oxygen atoms in total. The van der Waals surface area contributed by atoms with E-state index in [-0.39, 0.29) is 5.91 Å². The van der Waals surface area contributed by atoms with Crippen LogP contribution in [-0.4, -0.2) is 16.9 Å². The molecular formula is C23H23N3O. The third kappa shape index (κ3) is 3.85. The third-order valence-electron chi connectivity index (χ3n) is 4.97. The lowest BCUT2D eigenvalue weighted by Gasteiger charge is -2.24. The van der Waals surface area contributed by atoms with Crippen LogP contribution in [-0.2, 0) is 17.6 Å². The fourth-order valence-corrected chi connectivity index (χ4v) is 3.64. The highest BCUT2D eigenvalue weighted by Gasteiger charge is 2.27. The Balaban J connectivity index is 1.40. The van der Waals surface area contributed by atoms with Crippen LogP contribution < -0.4 is 10.2 Å². The van der Waals surface area contributed by atoms with Crippen molar-refractivity contribution in [2.24, 2.45) is 0 Å². The number of para-hydroxylation sites is 1. The Hall–Kier alpha value is -3.14. The monoisotopic (exact) mass is 357 g/mol. The summed E-state index contributed by atoms with van der Waals surface area (Å²) in [4.78, 5) is 19.0. The Morgan fingerprint density at radius 3 is 2.63 bits per heavy atom. The Labute approximate surface area is 159 Å². The van der Waals surface area contributed by atoms with Crippen molar-refractivity contribution in [3.63, 3.8) is 0 Å². The molecule has 0 radical (unpaired) electrons. The second-order valence-electron chi connectivity index (χ2n) is 6.99. The molecule has 1 atom stereocenters. The van der Waals surface area contributed by atoms with E-state index < -0.39 is 0 Å². The summed E-state index contributed by atoms with van der Waals surface area (Å²) >= 11 is 0. The summed E-state index contributed by atoms with van der Waals surface area (Å²) in [6.45, 7) is 2.21. The number of rotatable bonds is 5. The lowest BCUT2D eigenvalue weighted by atomic mass is 10.1. The zero-order valence-corrected chi connectivity index (χ0v) is 15.4. The van der Waals surface area contributed by atoms with E-state index in [1.54, 1.807) is 6.20 Å². The number of aromatic nitrogens is 1. The summed E-state index contributed by atoms with van der Waals surface area (Å²) in [5, 5.41) is 2.94. The van der Waals surface area contributed by atoms with Gasteiger partial charge in [-0.05, 0) is 49.1 Å². The van der Waals surface area contributed by atoms with E-state index in [1.807, 2.05) is 42.5 Å². The normalized spacial score (nSPS) is 15.4. The van der Waals surface area contributed by atoms with Crippen LogP contribution >= 0.6 is 0 Å². The SMILES string of the molecule is CC1Cc2ccccc2N1c1ccc(NC(=O)CCc2ccccc2)cn1. The number of carbonyl (C=O) groups is 1. The number of nitrogens with one attached hydrogen (secondary N) is 1. The molecule has 136 valence electrons. The maximum Gasteiger partial charge on any atom is 0.224 e. The smallest absolute Gasteiger partial charge is 0.224 e. The van der Waals surface area contributed by atoms with Crippen molar-refractivity contribution in [1.29, 1.82) is 0 Å². The summed E-state index contributed by atoms with van der Waals surface area (Å²) in [6.07, 6.45) is 3.96. The average Bonchev–Trinajstić information content (AvgIpc) is 3.04.